The number of aryl methyl sites for hydroxylation is 2. The molecule has 1 amide bonds. The monoisotopic (exact) mass is 340 g/mol. The van der Waals surface area contributed by atoms with Crippen LogP contribution < -0.4 is 5.32 Å². The molecule has 0 aliphatic heterocycles. The first kappa shape index (κ1) is 18.2. The molecule has 6 nitrogen and oxygen atoms in total. The molecule has 2 aromatic carbocycles. The summed E-state index contributed by atoms with van der Waals surface area (Å²) < 4.78 is 4.62. The second-order valence-corrected chi connectivity index (χ2v) is 5.47. The molecular formula is C19H20N2O4. The molecule has 0 saturated heterocycles. The molecule has 0 spiro atoms. The molecule has 0 unspecified atom stereocenters. The quantitative estimate of drug-likeness (QED) is 0.498. The highest BCUT2D eigenvalue weighted by molar-refractivity contribution is 5.92. The van der Waals surface area contributed by atoms with Crippen LogP contribution >= 0.6 is 0 Å². The molecule has 6 heteroatoms. The number of ether oxygens (including phenoxy) is 1. The number of anilines is 1. The third kappa shape index (κ3) is 5.46. The van der Waals surface area contributed by atoms with Gasteiger partial charge in [0.05, 0.1) is 18.9 Å². The van der Waals surface area contributed by atoms with Crippen molar-refractivity contribution in [1.82, 2.24) is 0 Å². The summed E-state index contributed by atoms with van der Waals surface area (Å²) in [5.74, 6) is -0.691. The van der Waals surface area contributed by atoms with Crippen LogP contribution in [0.2, 0.25) is 0 Å². The summed E-state index contributed by atoms with van der Waals surface area (Å²) in [6.45, 7) is 3.80. The van der Waals surface area contributed by atoms with Crippen LogP contribution in [0.4, 0.5) is 5.69 Å². The zero-order valence-corrected chi connectivity index (χ0v) is 14.4. The van der Waals surface area contributed by atoms with E-state index in [0.717, 1.165) is 22.4 Å². The van der Waals surface area contributed by atoms with Crippen LogP contribution in [0.25, 0.3) is 0 Å². The standard InChI is InChI=1S/C19H20N2O4/c1-13-4-9-17(10-14(13)2)21-18(22)12-25-20-11-15-5-7-16(8-6-15)19(23)24-3/h4-11H,12H2,1-3H3,(H,21,22)/b20-11+. The second kappa shape index (κ2) is 8.63. The third-order valence-electron chi connectivity index (χ3n) is 3.59. The number of nitrogens with one attached hydrogen (secondary N) is 1. The minimum atomic E-state index is -0.400. The third-order valence-corrected chi connectivity index (χ3v) is 3.59. The van der Waals surface area contributed by atoms with Gasteiger partial charge < -0.3 is 14.9 Å². The highest BCUT2D eigenvalue weighted by atomic mass is 16.6. The Bertz CT molecular complexity index is 783. The van der Waals surface area contributed by atoms with Gasteiger partial charge >= 0.3 is 5.97 Å². The zero-order chi connectivity index (χ0) is 18.2. The number of rotatable bonds is 6. The number of nitrogens with zero attached hydrogens (tertiary/aromatic N) is 1. The first-order valence-electron chi connectivity index (χ1n) is 7.70. The van der Waals surface area contributed by atoms with Crippen molar-refractivity contribution >= 4 is 23.8 Å². The van der Waals surface area contributed by atoms with Gasteiger partial charge in [-0.3, -0.25) is 4.79 Å². The van der Waals surface area contributed by atoms with Crippen LogP contribution in [0.1, 0.15) is 27.0 Å². The van der Waals surface area contributed by atoms with Crippen molar-refractivity contribution in [3.05, 3.63) is 64.7 Å². The van der Waals surface area contributed by atoms with E-state index >= 15 is 0 Å². The average molecular weight is 340 g/mol. The lowest BCUT2D eigenvalue weighted by Gasteiger charge is -2.06. The van der Waals surface area contributed by atoms with E-state index in [1.807, 2.05) is 32.0 Å². The summed E-state index contributed by atoms with van der Waals surface area (Å²) in [5.41, 5.74) is 4.18. The Kier molecular flexibility index (Phi) is 6.28. The van der Waals surface area contributed by atoms with Gasteiger partial charge in [0.2, 0.25) is 0 Å². The largest absolute Gasteiger partial charge is 0.465 e. The molecule has 130 valence electrons. The molecule has 0 bridgehead atoms. The van der Waals surface area contributed by atoms with Crippen molar-refractivity contribution < 1.29 is 19.2 Å². The Morgan fingerprint density at radius 2 is 1.80 bits per heavy atom. The van der Waals surface area contributed by atoms with Gasteiger partial charge in [-0.2, -0.15) is 0 Å². The predicted octanol–water partition coefficient (Wildman–Crippen LogP) is 3.08. The summed E-state index contributed by atoms with van der Waals surface area (Å²) in [5, 5.41) is 6.49. The minimum absolute atomic E-state index is 0.191. The van der Waals surface area contributed by atoms with Crippen molar-refractivity contribution in [2.45, 2.75) is 13.8 Å². The summed E-state index contributed by atoms with van der Waals surface area (Å²) in [6, 6.07) is 12.3. The van der Waals surface area contributed by atoms with Gasteiger partial charge in [0.15, 0.2) is 6.61 Å². The SMILES string of the molecule is COC(=O)c1ccc(/C=N/OCC(=O)Nc2ccc(C)c(C)c2)cc1. The Hall–Kier alpha value is -3.15. The lowest BCUT2D eigenvalue weighted by molar-refractivity contribution is -0.120. The number of hydrogen-bond donors (Lipinski definition) is 1. The van der Waals surface area contributed by atoms with Crippen LogP contribution in [-0.4, -0.2) is 31.8 Å². The molecular weight excluding hydrogens is 320 g/mol. The molecule has 0 aromatic heterocycles. The fourth-order valence-electron chi connectivity index (χ4n) is 2.03. The number of carbonyl (C=O) groups is 2. The number of oxime groups is 1. The molecule has 25 heavy (non-hydrogen) atoms. The molecule has 0 heterocycles. The van der Waals surface area contributed by atoms with E-state index in [1.165, 1.54) is 13.3 Å². The van der Waals surface area contributed by atoms with E-state index in [0.29, 0.717) is 5.56 Å². The van der Waals surface area contributed by atoms with E-state index in [4.69, 9.17) is 4.84 Å². The Morgan fingerprint density at radius 1 is 1.08 bits per heavy atom. The lowest BCUT2D eigenvalue weighted by Crippen LogP contribution is -2.17. The van der Waals surface area contributed by atoms with Crippen molar-refractivity contribution in [3.8, 4) is 0 Å². The highest BCUT2D eigenvalue weighted by Gasteiger charge is 2.05. The summed E-state index contributed by atoms with van der Waals surface area (Å²) in [7, 11) is 1.33. The van der Waals surface area contributed by atoms with Crippen LogP contribution in [0.15, 0.2) is 47.6 Å². The topological polar surface area (TPSA) is 77.0 Å². The van der Waals surface area contributed by atoms with Crippen molar-refractivity contribution in [3.63, 3.8) is 0 Å². The molecule has 0 fully saturated rings. The first-order valence-corrected chi connectivity index (χ1v) is 7.70. The van der Waals surface area contributed by atoms with Gasteiger partial charge in [-0.1, -0.05) is 23.4 Å². The van der Waals surface area contributed by atoms with Gasteiger partial charge in [0, 0.05) is 5.69 Å². The summed E-state index contributed by atoms with van der Waals surface area (Å²) in [6.07, 6.45) is 1.46. The van der Waals surface area contributed by atoms with E-state index in [-0.39, 0.29) is 12.5 Å². The van der Waals surface area contributed by atoms with Crippen LogP contribution in [-0.2, 0) is 14.4 Å². The molecule has 0 aliphatic carbocycles. The van der Waals surface area contributed by atoms with Crippen molar-refractivity contribution in [2.24, 2.45) is 5.16 Å². The van der Waals surface area contributed by atoms with Crippen LogP contribution in [0.5, 0.6) is 0 Å². The normalized spacial score (nSPS) is 10.5. The zero-order valence-electron chi connectivity index (χ0n) is 14.4. The van der Waals surface area contributed by atoms with E-state index < -0.39 is 5.97 Å². The molecule has 1 N–H and O–H groups in total. The first-order chi connectivity index (χ1) is 12.0. The number of methoxy groups -OCH3 is 1. The van der Waals surface area contributed by atoms with Gasteiger partial charge in [0.1, 0.15) is 0 Å². The van der Waals surface area contributed by atoms with E-state index in [9.17, 15) is 9.59 Å². The van der Waals surface area contributed by atoms with Gasteiger partial charge in [0.25, 0.3) is 5.91 Å². The number of esters is 1. The maximum Gasteiger partial charge on any atom is 0.337 e. The van der Waals surface area contributed by atoms with Crippen LogP contribution in [0.3, 0.4) is 0 Å². The Morgan fingerprint density at radius 3 is 2.44 bits per heavy atom. The smallest absolute Gasteiger partial charge is 0.337 e. The number of benzene rings is 2. The van der Waals surface area contributed by atoms with Gasteiger partial charge in [-0.25, -0.2) is 4.79 Å². The molecule has 2 rings (SSSR count). The van der Waals surface area contributed by atoms with Gasteiger partial charge in [-0.15, -0.1) is 0 Å². The molecule has 2 aromatic rings. The van der Waals surface area contributed by atoms with Crippen LogP contribution in [0, 0.1) is 13.8 Å². The molecule has 0 aliphatic rings. The number of amides is 1. The number of hydrogen-bond acceptors (Lipinski definition) is 5. The Labute approximate surface area is 146 Å². The van der Waals surface area contributed by atoms with Gasteiger partial charge in [-0.05, 0) is 54.8 Å². The molecule has 0 saturated carbocycles. The highest BCUT2D eigenvalue weighted by Crippen LogP contribution is 2.13. The summed E-state index contributed by atoms with van der Waals surface area (Å²) in [4.78, 5) is 28.1. The van der Waals surface area contributed by atoms with E-state index in [2.05, 4.69) is 15.2 Å². The fourth-order valence-corrected chi connectivity index (χ4v) is 2.03. The van der Waals surface area contributed by atoms with Crippen molar-refractivity contribution in [2.75, 3.05) is 19.0 Å². The second-order valence-electron chi connectivity index (χ2n) is 5.47. The fraction of sp³-hybridized carbons (Fsp3) is 0.211. The molecule has 0 radical (unpaired) electrons. The Balaban J connectivity index is 1.81. The average Bonchev–Trinajstić information content (AvgIpc) is 2.62. The maximum absolute atomic E-state index is 11.8. The van der Waals surface area contributed by atoms with E-state index in [1.54, 1.807) is 24.3 Å². The maximum atomic E-state index is 11.8. The minimum Gasteiger partial charge on any atom is -0.465 e. The molecule has 0 atom stereocenters. The lowest BCUT2D eigenvalue weighted by atomic mass is 10.1. The number of carbonyl (C=O) groups excluding carboxylic acids is 2. The van der Waals surface area contributed by atoms with Crippen molar-refractivity contribution in [1.29, 1.82) is 0 Å². The predicted molar refractivity (Wildman–Crippen MR) is 95.9 cm³/mol. The summed E-state index contributed by atoms with van der Waals surface area (Å²) >= 11 is 0.